The average molecular weight is 316 g/mol. The first-order valence-corrected chi connectivity index (χ1v) is 8.50. The first-order valence-electron chi connectivity index (χ1n) is 7.02. The molecule has 0 bridgehead atoms. The summed E-state index contributed by atoms with van der Waals surface area (Å²) in [5.41, 5.74) is 0.786. The molecule has 0 spiro atoms. The normalized spacial score (nSPS) is 18.6. The Morgan fingerprint density at radius 1 is 0.955 bits per heavy atom. The van der Waals surface area contributed by atoms with Crippen molar-refractivity contribution in [2.45, 2.75) is 17.4 Å². The van der Waals surface area contributed by atoms with E-state index in [0.717, 1.165) is 5.69 Å². The Morgan fingerprint density at radius 2 is 1.55 bits per heavy atom. The molecule has 2 aromatic carbocycles. The van der Waals surface area contributed by atoms with Crippen LogP contribution in [0.3, 0.4) is 0 Å². The Labute approximate surface area is 129 Å². The van der Waals surface area contributed by atoms with E-state index < -0.39 is 16.1 Å². The Hall–Kier alpha value is -2.18. The highest BCUT2D eigenvalue weighted by Crippen LogP contribution is 2.22. The molecule has 6 heteroatoms. The van der Waals surface area contributed by atoms with Gasteiger partial charge in [0.1, 0.15) is 6.04 Å². The summed E-state index contributed by atoms with van der Waals surface area (Å²) >= 11 is 0. The summed E-state index contributed by atoms with van der Waals surface area (Å²) in [5, 5.41) is 0. The standard InChI is InChI=1S/C16H16N2O3S/c19-16-15(11-12-18(16)13-7-3-1-4-8-13)17-22(20,21)14-9-5-2-6-10-14/h1-10,15,17H,11-12H2/t15-/m1/s1. The summed E-state index contributed by atoms with van der Waals surface area (Å²) in [6.07, 6.45) is 0.458. The maximum atomic E-state index is 12.4. The van der Waals surface area contributed by atoms with Gasteiger partial charge >= 0.3 is 0 Å². The van der Waals surface area contributed by atoms with E-state index in [9.17, 15) is 13.2 Å². The van der Waals surface area contributed by atoms with Crippen LogP contribution < -0.4 is 9.62 Å². The van der Waals surface area contributed by atoms with Gasteiger partial charge in [0.05, 0.1) is 4.90 Å². The number of rotatable bonds is 4. The van der Waals surface area contributed by atoms with E-state index in [1.165, 1.54) is 12.1 Å². The van der Waals surface area contributed by atoms with Crippen LogP contribution in [0.5, 0.6) is 0 Å². The van der Waals surface area contributed by atoms with E-state index in [2.05, 4.69) is 4.72 Å². The van der Waals surface area contributed by atoms with E-state index >= 15 is 0 Å². The average Bonchev–Trinajstić information content (AvgIpc) is 2.89. The summed E-state index contributed by atoms with van der Waals surface area (Å²) < 4.78 is 27.1. The maximum absolute atomic E-state index is 12.4. The van der Waals surface area contributed by atoms with Gasteiger partial charge in [-0.25, -0.2) is 8.42 Å². The van der Waals surface area contributed by atoms with Crippen LogP contribution in [0.1, 0.15) is 6.42 Å². The van der Waals surface area contributed by atoms with Crippen molar-refractivity contribution in [1.82, 2.24) is 4.72 Å². The molecule has 5 nitrogen and oxygen atoms in total. The predicted molar refractivity (Wildman–Crippen MR) is 84.0 cm³/mol. The molecule has 22 heavy (non-hydrogen) atoms. The lowest BCUT2D eigenvalue weighted by molar-refractivity contribution is -0.118. The van der Waals surface area contributed by atoms with E-state index in [1.54, 1.807) is 23.1 Å². The fraction of sp³-hybridized carbons (Fsp3) is 0.188. The van der Waals surface area contributed by atoms with Crippen molar-refractivity contribution in [1.29, 1.82) is 0 Å². The first kappa shape index (κ1) is 14.7. The van der Waals surface area contributed by atoms with E-state index in [4.69, 9.17) is 0 Å². The number of anilines is 1. The SMILES string of the molecule is O=C1[C@H](NS(=O)(=O)c2ccccc2)CCN1c1ccccc1. The van der Waals surface area contributed by atoms with Crippen molar-refractivity contribution in [2.75, 3.05) is 11.4 Å². The fourth-order valence-electron chi connectivity index (χ4n) is 2.51. The zero-order valence-electron chi connectivity index (χ0n) is 11.8. The van der Waals surface area contributed by atoms with E-state index in [-0.39, 0.29) is 10.8 Å². The Bertz CT molecular complexity index is 760. The largest absolute Gasteiger partial charge is 0.311 e. The Morgan fingerprint density at radius 3 is 2.18 bits per heavy atom. The molecular weight excluding hydrogens is 300 g/mol. The lowest BCUT2D eigenvalue weighted by Crippen LogP contribution is -2.41. The summed E-state index contributed by atoms with van der Waals surface area (Å²) in [6.45, 7) is 0.505. The molecule has 3 rings (SSSR count). The molecule has 1 aliphatic rings. The number of para-hydroxylation sites is 1. The zero-order chi connectivity index (χ0) is 15.6. The number of hydrogen-bond acceptors (Lipinski definition) is 3. The molecule has 1 saturated heterocycles. The molecule has 1 fully saturated rings. The Balaban J connectivity index is 1.77. The topological polar surface area (TPSA) is 66.5 Å². The van der Waals surface area contributed by atoms with Gasteiger partial charge in [0.15, 0.2) is 0 Å². The van der Waals surface area contributed by atoms with Crippen LogP contribution in [0.4, 0.5) is 5.69 Å². The van der Waals surface area contributed by atoms with Gasteiger partial charge in [-0.1, -0.05) is 36.4 Å². The van der Waals surface area contributed by atoms with Gasteiger partial charge in [0.2, 0.25) is 15.9 Å². The highest BCUT2D eigenvalue weighted by atomic mass is 32.2. The maximum Gasteiger partial charge on any atom is 0.245 e. The fourth-order valence-corrected chi connectivity index (χ4v) is 3.75. The first-order chi connectivity index (χ1) is 10.6. The second-order valence-electron chi connectivity index (χ2n) is 5.10. The number of sulfonamides is 1. The minimum atomic E-state index is -3.68. The van der Waals surface area contributed by atoms with E-state index in [1.807, 2.05) is 30.3 Å². The summed E-state index contributed by atoms with van der Waals surface area (Å²) in [5.74, 6) is -0.217. The van der Waals surface area contributed by atoms with Crippen LogP contribution in [0.25, 0.3) is 0 Å². The van der Waals surface area contributed by atoms with Gasteiger partial charge in [-0.3, -0.25) is 4.79 Å². The summed E-state index contributed by atoms with van der Waals surface area (Å²) in [6, 6.07) is 16.6. The summed E-state index contributed by atoms with van der Waals surface area (Å²) in [7, 11) is -3.68. The molecule has 0 unspecified atom stereocenters. The van der Waals surface area contributed by atoms with Gasteiger partial charge in [-0.05, 0) is 30.7 Å². The van der Waals surface area contributed by atoms with Crippen molar-refractivity contribution in [3.8, 4) is 0 Å². The Kier molecular flexibility index (Phi) is 3.96. The van der Waals surface area contributed by atoms with Gasteiger partial charge in [0.25, 0.3) is 0 Å². The molecule has 0 aromatic heterocycles. The molecular formula is C16H16N2O3S. The van der Waals surface area contributed by atoms with Crippen molar-refractivity contribution < 1.29 is 13.2 Å². The minimum absolute atomic E-state index is 0.168. The monoisotopic (exact) mass is 316 g/mol. The van der Waals surface area contributed by atoms with Crippen LogP contribution >= 0.6 is 0 Å². The van der Waals surface area contributed by atoms with Crippen molar-refractivity contribution >= 4 is 21.6 Å². The number of nitrogens with one attached hydrogen (secondary N) is 1. The third-order valence-corrected chi connectivity index (χ3v) is 5.11. The van der Waals surface area contributed by atoms with Crippen molar-refractivity contribution in [3.63, 3.8) is 0 Å². The highest BCUT2D eigenvalue weighted by molar-refractivity contribution is 7.89. The van der Waals surface area contributed by atoms with Crippen molar-refractivity contribution in [2.24, 2.45) is 0 Å². The number of benzene rings is 2. The van der Waals surface area contributed by atoms with Crippen LogP contribution in [-0.2, 0) is 14.8 Å². The quantitative estimate of drug-likeness (QED) is 0.935. The molecule has 1 aliphatic heterocycles. The predicted octanol–water partition coefficient (Wildman–Crippen LogP) is 1.77. The van der Waals surface area contributed by atoms with Crippen LogP contribution in [0, 0.1) is 0 Å². The molecule has 1 N–H and O–H groups in total. The molecule has 0 radical (unpaired) electrons. The number of carbonyl (C=O) groups is 1. The van der Waals surface area contributed by atoms with Crippen LogP contribution in [0.2, 0.25) is 0 Å². The van der Waals surface area contributed by atoms with Gasteiger partial charge in [0, 0.05) is 12.2 Å². The van der Waals surface area contributed by atoms with E-state index in [0.29, 0.717) is 13.0 Å². The minimum Gasteiger partial charge on any atom is -0.311 e. The molecule has 1 heterocycles. The van der Waals surface area contributed by atoms with Crippen LogP contribution in [0.15, 0.2) is 65.6 Å². The number of carbonyl (C=O) groups excluding carboxylic acids is 1. The lowest BCUT2D eigenvalue weighted by Gasteiger charge is -2.17. The highest BCUT2D eigenvalue weighted by Gasteiger charge is 2.35. The lowest BCUT2D eigenvalue weighted by atomic mass is 10.3. The molecule has 114 valence electrons. The van der Waals surface area contributed by atoms with Gasteiger partial charge < -0.3 is 4.90 Å². The number of amides is 1. The number of hydrogen-bond donors (Lipinski definition) is 1. The van der Waals surface area contributed by atoms with Gasteiger partial charge in [-0.15, -0.1) is 0 Å². The third kappa shape index (κ3) is 2.88. The molecule has 0 aliphatic carbocycles. The molecule has 2 aromatic rings. The molecule has 0 saturated carbocycles. The third-order valence-electron chi connectivity index (χ3n) is 3.62. The second-order valence-corrected chi connectivity index (χ2v) is 6.82. The second kappa shape index (κ2) is 5.90. The molecule has 1 amide bonds. The van der Waals surface area contributed by atoms with Crippen LogP contribution in [-0.4, -0.2) is 26.9 Å². The summed E-state index contributed by atoms with van der Waals surface area (Å²) in [4.78, 5) is 14.2. The molecule has 1 atom stereocenters. The van der Waals surface area contributed by atoms with Crippen molar-refractivity contribution in [3.05, 3.63) is 60.7 Å². The van der Waals surface area contributed by atoms with Gasteiger partial charge in [-0.2, -0.15) is 4.72 Å². The smallest absolute Gasteiger partial charge is 0.245 e. The zero-order valence-corrected chi connectivity index (χ0v) is 12.7. The number of nitrogens with zero attached hydrogens (tertiary/aromatic N) is 1.